The number of phenols is 1. The molecule has 0 aliphatic carbocycles. The van der Waals surface area contributed by atoms with Crippen molar-refractivity contribution in [2.75, 3.05) is 0 Å². The van der Waals surface area contributed by atoms with Crippen molar-refractivity contribution in [3.8, 4) is 5.75 Å². The van der Waals surface area contributed by atoms with Gasteiger partial charge in [-0.1, -0.05) is 40.2 Å². The lowest BCUT2D eigenvalue weighted by Crippen LogP contribution is -1.90. The number of aldehydes is 1. The summed E-state index contributed by atoms with van der Waals surface area (Å²) in [7, 11) is 0. The maximum absolute atomic E-state index is 10.6. The molecule has 1 N–H and O–H groups in total. The highest BCUT2D eigenvalue weighted by atomic mass is 79.9. The Balaban J connectivity index is 2.27. The van der Waals surface area contributed by atoms with E-state index in [1.807, 2.05) is 24.3 Å². The monoisotopic (exact) mass is 290 g/mol. The summed E-state index contributed by atoms with van der Waals surface area (Å²) in [6.45, 7) is 0. The summed E-state index contributed by atoms with van der Waals surface area (Å²) in [6, 6.07) is 12.9. The van der Waals surface area contributed by atoms with Crippen molar-refractivity contribution in [2.24, 2.45) is 0 Å². The molecule has 0 aliphatic rings. The van der Waals surface area contributed by atoms with Gasteiger partial charge in [0.1, 0.15) is 12.0 Å². The van der Waals surface area contributed by atoms with Gasteiger partial charge in [0.05, 0.1) is 0 Å². The Hall–Kier alpha value is -1.61. The largest absolute Gasteiger partial charge is 0.508 e. The summed E-state index contributed by atoms with van der Waals surface area (Å²) < 4.78 is 1.01. The zero-order chi connectivity index (χ0) is 12.3. The van der Waals surface area contributed by atoms with Crippen LogP contribution in [0.4, 0.5) is 0 Å². The molecule has 86 valence electrons. The highest BCUT2D eigenvalue weighted by molar-refractivity contribution is 9.10. The van der Waals surface area contributed by atoms with Crippen molar-refractivity contribution >= 4 is 22.2 Å². The zero-order valence-electron chi connectivity index (χ0n) is 9.06. The maximum Gasteiger partial charge on any atom is 0.150 e. The molecule has 2 rings (SSSR count). The van der Waals surface area contributed by atoms with E-state index in [9.17, 15) is 9.90 Å². The second kappa shape index (κ2) is 5.15. The first-order valence-electron chi connectivity index (χ1n) is 5.20. The van der Waals surface area contributed by atoms with Crippen LogP contribution in [0.3, 0.4) is 0 Å². The summed E-state index contributed by atoms with van der Waals surface area (Å²) in [6.07, 6.45) is 1.37. The first-order chi connectivity index (χ1) is 8.19. The fourth-order valence-corrected chi connectivity index (χ4v) is 2.12. The molecule has 2 aromatic carbocycles. The molecule has 0 unspecified atom stereocenters. The Morgan fingerprint density at radius 1 is 1.18 bits per heavy atom. The highest BCUT2D eigenvalue weighted by Gasteiger charge is 2.04. The van der Waals surface area contributed by atoms with Crippen LogP contribution in [0.2, 0.25) is 0 Å². The predicted octanol–water partition coefficient (Wildman–Crippen LogP) is 3.56. The van der Waals surface area contributed by atoms with E-state index >= 15 is 0 Å². The highest BCUT2D eigenvalue weighted by Crippen LogP contribution is 2.22. The summed E-state index contributed by atoms with van der Waals surface area (Å²) in [5, 5.41) is 9.78. The van der Waals surface area contributed by atoms with E-state index in [-0.39, 0.29) is 5.75 Å². The maximum atomic E-state index is 10.6. The van der Waals surface area contributed by atoms with Gasteiger partial charge in [-0.05, 0) is 29.3 Å². The van der Waals surface area contributed by atoms with Crippen LogP contribution in [-0.2, 0) is 6.42 Å². The second-order valence-corrected chi connectivity index (χ2v) is 4.73. The molecule has 0 radical (unpaired) electrons. The third-order valence-electron chi connectivity index (χ3n) is 2.53. The Labute approximate surface area is 108 Å². The lowest BCUT2D eigenvalue weighted by molar-refractivity contribution is 0.112. The molecule has 3 heteroatoms. The smallest absolute Gasteiger partial charge is 0.150 e. The molecule has 0 saturated heterocycles. The van der Waals surface area contributed by atoms with E-state index in [4.69, 9.17) is 0 Å². The van der Waals surface area contributed by atoms with Crippen LogP contribution >= 0.6 is 15.9 Å². The van der Waals surface area contributed by atoms with Crippen LogP contribution in [-0.4, -0.2) is 11.4 Å². The number of benzene rings is 2. The molecule has 2 nitrogen and oxygen atoms in total. The third kappa shape index (κ3) is 2.94. The fourth-order valence-electron chi connectivity index (χ4n) is 1.67. The molecule has 0 spiro atoms. The van der Waals surface area contributed by atoms with Crippen LogP contribution in [0.15, 0.2) is 46.9 Å². The molecule has 0 saturated carbocycles. The van der Waals surface area contributed by atoms with Gasteiger partial charge >= 0.3 is 0 Å². The molecule has 0 aliphatic heterocycles. The zero-order valence-corrected chi connectivity index (χ0v) is 10.6. The van der Waals surface area contributed by atoms with Gasteiger partial charge in [-0.2, -0.15) is 0 Å². The number of carbonyl (C=O) groups is 1. The first kappa shape index (κ1) is 11.9. The van der Waals surface area contributed by atoms with E-state index in [2.05, 4.69) is 15.9 Å². The number of aromatic hydroxyl groups is 1. The minimum atomic E-state index is 0.162. The van der Waals surface area contributed by atoms with Crippen molar-refractivity contribution in [1.82, 2.24) is 0 Å². The quantitative estimate of drug-likeness (QED) is 0.878. The number of carbonyl (C=O) groups excluding carboxylic acids is 1. The summed E-state index contributed by atoms with van der Waals surface area (Å²) >= 11 is 3.41. The standard InChI is InChI=1S/C14H11BrO2/c15-13-3-1-2-10(7-13)6-12-5-4-11(9-16)8-14(12)17/h1-5,7-9,17H,6H2. The van der Waals surface area contributed by atoms with Crippen molar-refractivity contribution in [3.05, 3.63) is 63.6 Å². The molecule has 2 aromatic rings. The van der Waals surface area contributed by atoms with Crippen molar-refractivity contribution in [3.63, 3.8) is 0 Å². The summed E-state index contributed by atoms with van der Waals surface area (Å²) in [5.41, 5.74) is 2.41. The number of rotatable bonds is 3. The summed E-state index contributed by atoms with van der Waals surface area (Å²) in [4.78, 5) is 10.6. The lowest BCUT2D eigenvalue weighted by atomic mass is 10.0. The average molecular weight is 291 g/mol. The fraction of sp³-hybridized carbons (Fsp3) is 0.0714. The predicted molar refractivity (Wildman–Crippen MR) is 70.4 cm³/mol. The minimum Gasteiger partial charge on any atom is -0.508 e. The molecular formula is C14H11BrO2. The van der Waals surface area contributed by atoms with Gasteiger partial charge in [0.25, 0.3) is 0 Å². The van der Waals surface area contributed by atoms with Crippen LogP contribution in [0, 0.1) is 0 Å². The van der Waals surface area contributed by atoms with Crippen LogP contribution in [0.5, 0.6) is 5.75 Å². The Morgan fingerprint density at radius 3 is 2.65 bits per heavy atom. The lowest BCUT2D eigenvalue weighted by Gasteiger charge is -2.05. The molecule has 0 heterocycles. The minimum absolute atomic E-state index is 0.162. The second-order valence-electron chi connectivity index (χ2n) is 3.81. The number of phenolic OH excluding ortho intramolecular Hbond substituents is 1. The Kier molecular flexibility index (Phi) is 3.59. The average Bonchev–Trinajstić information content (AvgIpc) is 2.32. The normalized spacial score (nSPS) is 10.2. The van der Waals surface area contributed by atoms with Gasteiger partial charge in [-0.3, -0.25) is 4.79 Å². The number of halogens is 1. The molecule has 0 atom stereocenters. The van der Waals surface area contributed by atoms with E-state index < -0.39 is 0 Å². The third-order valence-corrected chi connectivity index (χ3v) is 3.02. The summed E-state index contributed by atoms with van der Waals surface area (Å²) in [5.74, 6) is 0.162. The van der Waals surface area contributed by atoms with E-state index in [0.29, 0.717) is 12.0 Å². The van der Waals surface area contributed by atoms with Crippen molar-refractivity contribution in [1.29, 1.82) is 0 Å². The molecule has 0 fully saturated rings. The number of hydrogen-bond donors (Lipinski definition) is 1. The SMILES string of the molecule is O=Cc1ccc(Cc2cccc(Br)c2)c(O)c1. The van der Waals surface area contributed by atoms with E-state index in [1.54, 1.807) is 12.1 Å². The number of hydrogen-bond acceptors (Lipinski definition) is 2. The molecule has 0 aromatic heterocycles. The van der Waals surface area contributed by atoms with Gasteiger partial charge in [0.15, 0.2) is 0 Å². The van der Waals surface area contributed by atoms with Crippen LogP contribution in [0.1, 0.15) is 21.5 Å². The van der Waals surface area contributed by atoms with Gasteiger partial charge in [-0.25, -0.2) is 0 Å². The van der Waals surface area contributed by atoms with E-state index in [1.165, 1.54) is 6.07 Å². The van der Waals surface area contributed by atoms with Crippen LogP contribution in [0.25, 0.3) is 0 Å². The van der Waals surface area contributed by atoms with Gasteiger partial charge in [0.2, 0.25) is 0 Å². The van der Waals surface area contributed by atoms with Gasteiger partial charge in [-0.15, -0.1) is 0 Å². The molecular weight excluding hydrogens is 280 g/mol. The Bertz CT molecular complexity index is 550. The van der Waals surface area contributed by atoms with Gasteiger partial charge < -0.3 is 5.11 Å². The van der Waals surface area contributed by atoms with Crippen molar-refractivity contribution < 1.29 is 9.90 Å². The molecule has 17 heavy (non-hydrogen) atoms. The van der Waals surface area contributed by atoms with Crippen LogP contribution < -0.4 is 0 Å². The Morgan fingerprint density at radius 2 is 2.00 bits per heavy atom. The van der Waals surface area contributed by atoms with Gasteiger partial charge in [0, 0.05) is 16.5 Å². The topological polar surface area (TPSA) is 37.3 Å². The molecule has 0 amide bonds. The van der Waals surface area contributed by atoms with E-state index in [0.717, 1.165) is 21.9 Å². The van der Waals surface area contributed by atoms with Crippen molar-refractivity contribution in [2.45, 2.75) is 6.42 Å². The molecule has 0 bridgehead atoms. The first-order valence-corrected chi connectivity index (χ1v) is 6.00.